The number of anilines is 1. The molecular formula is C12H19N3O3. The standard InChI is InChI=1S/C12H19N3O3/c1-12(2,3)18-11(17)15-9-6-8(7-14-13)4-5-10(9)16/h4-6,14,16H,7,13H2,1-3H3,(H,15,17). The SMILES string of the molecule is CC(C)(C)OC(=O)Nc1cc(CNN)ccc1O. The summed E-state index contributed by atoms with van der Waals surface area (Å²) in [4.78, 5) is 11.6. The fourth-order valence-corrected chi connectivity index (χ4v) is 1.32. The first-order valence-electron chi connectivity index (χ1n) is 5.57. The smallest absolute Gasteiger partial charge is 0.412 e. The van der Waals surface area contributed by atoms with Crippen molar-refractivity contribution in [3.8, 4) is 5.75 Å². The van der Waals surface area contributed by atoms with Crippen molar-refractivity contribution in [2.24, 2.45) is 5.84 Å². The lowest BCUT2D eigenvalue weighted by molar-refractivity contribution is 0.0635. The summed E-state index contributed by atoms with van der Waals surface area (Å²) in [6.45, 7) is 5.73. The monoisotopic (exact) mass is 253 g/mol. The van der Waals surface area contributed by atoms with Crippen molar-refractivity contribution in [1.82, 2.24) is 5.43 Å². The van der Waals surface area contributed by atoms with Gasteiger partial charge in [-0.05, 0) is 38.5 Å². The van der Waals surface area contributed by atoms with E-state index in [0.717, 1.165) is 5.56 Å². The minimum atomic E-state index is -0.615. The van der Waals surface area contributed by atoms with Crippen LogP contribution < -0.4 is 16.6 Å². The van der Waals surface area contributed by atoms with E-state index in [1.54, 1.807) is 32.9 Å². The number of hydrogen-bond acceptors (Lipinski definition) is 5. The van der Waals surface area contributed by atoms with Gasteiger partial charge in [0, 0.05) is 6.54 Å². The first-order valence-corrected chi connectivity index (χ1v) is 5.57. The molecule has 0 radical (unpaired) electrons. The molecule has 0 aliphatic rings. The van der Waals surface area contributed by atoms with Gasteiger partial charge in [0.05, 0.1) is 5.69 Å². The zero-order chi connectivity index (χ0) is 13.8. The molecule has 0 spiro atoms. The molecule has 1 rings (SSSR count). The normalized spacial score (nSPS) is 11.1. The molecule has 0 saturated heterocycles. The molecular weight excluding hydrogens is 234 g/mol. The highest BCUT2D eigenvalue weighted by molar-refractivity contribution is 5.87. The fraction of sp³-hybridized carbons (Fsp3) is 0.417. The number of hydrogen-bond donors (Lipinski definition) is 4. The minimum absolute atomic E-state index is 0.0263. The third-order valence-electron chi connectivity index (χ3n) is 2.00. The van der Waals surface area contributed by atoms with Gasteiger partial charge in [-0.15, -0.1) is 0 Å². The number of rotatable bonds is 3. The summed E-state index contributed by atoms with van der Waals surface area (Å²) in [5.41, 5.74) is 3.03. The molecule has 1 amide bonds. The summed E-state index contributed by atoms with van der Waals surface area (Å²) in [5, 5.41) is 12.1. The fourth-order valence-electron chi connectivity index (χ4n) is 1.32. The number of benzene rings is 1. The van der Waals surface area contributed by atoms with Gasteiger partial charge in [0.1, 0.15) is 11.4 Å². The molecule has 0 aromatic heterocycles. The van der Waals surface area contributed by atoms with Crippen LogP contribution >= 0.6 is 0 Å². The van der Waals surface area contributed by atoms with E-state index in [0.29, 0.717) is 6.54 Å². The summed E-state index contributed by atoms with van der Waals surface area (Å²) in [7, 11) is 0. The maximum atomic E-state index is 11.6. The second kappa shape index (κ2) is 5.70. The van der Waals surface area contributed by atoms with Crippen molar-refractivity contribution in [2.45, 2.75) is 32.9 Å². The molecule has 6 heteroatoms. The number of nitrogens with two attached hydrogens (primary N) is 1. The van der Waals surface area contributed by atoms with Crippen LogP contribution in [0.15, 0.2) is 18.2 Å². The second-order valence-electron chi connectivity index (χ2n) is 4.86. The Labute approximate surface area is 106 Å². The number of carbonyl (C=O) groups excluding carboxylic acids is 1. The van der Waals surface area contributed by atoms with Crippen LogP contribution in [0.25, 0.3) is 0 Å². The zero-order valence-electron chi connectivity index (χ0n) is 10.8. The van der Waals surface area contributed by atoms with Crippen molar-refractivity contribution >= 4 is 11.8 Å². The molecule has 0 bridgehead atoms. The van der Waals surface area contributed by atoms with Crippen molar-refractivity contribution in [3.63, 3.8) is 0 Å². The van der Waals surface area contributed by atoms with Crippen molar-refractivity contribution in [1.29, 1.82) is 0 Å². The molecule has 0 aliphatic heterocycles. The van der Waals surface area contributed by atoms with Crippen molar-refractivity contribution in [2.75, 3.05) is 5.32 Å². The maximum Gasteiger partial charge on any atom is 0.412 e. The number of hydrazine groups is 1. The van der Waals surface area contributed by atoms with E-state index in [9.17, 15) is 9.90 Å². The molecule has 0 saturated carbocycles. The maximum absolute atomic E-state index is 11.6. The van der Waals surface area contributed by atoms with Crippen LogP contribution in [0.1, 0.15) is 26.3 Å². The molecule has 0 unspecified atom stereocenters. The van der Waals surface area contributed by atoms with Crippen molar-refractivity contribution in [3.05, 3.63) is 23.8 Å². The Morgan fingerprint density at radius 3 is 2.67 bits per heavy atom. The van der Waals surface area contributed by atoms with Crippen LogP contribution in [0.4, 0.5) is 10.5 Å². The number of amides is 1. The Morgan fingerprint density at radius 1 is 1.44 bits per heavy atom. The molecule has 100 valence electrons. The van der Waals surface area contributed by atoms with Crippen LogP contribution in [0.2, 0.25) is 0 Å². The largest absolute Gasteiger partial charge is 0.506 e. The van der Waals surface area contributed by atoms with E-state index < -0.39 is 11.7 Å². The van der Waals surface area contributed by atoms with Crippen molar-refractivity contribution < 1.29 is 14.6 Å². The average molecular weight is 253 g/mol. The van der Waals surface area contributed by atoms with Gasteiger partial charge in [-0.3, -0.25) is 16.6 Å². The van der Waals surface area contributed by atoms with Gasteiger partial charge in [-0.25, -0.2) is 4.79 Å². The van der Waals surface area contributed by atoms with Crippen LogP contribution in [-0.2, 0) is 11.3 Å². The molecule has 0 fully saturated rings. The Bertz CT molecular complexity index is 427. The highest BCUT2D eigenvalue weighted by Crippen LogP contribution is 2.24. The summed E-state index contributed by atoms with van der Waals surface area (Å²) in [6.07, 6.45) is -0.615. The van der Waals surface area contributed by atoms with Crippen LogP contribution in [0, 0.1) is 0 Å². The first-order chi connectivity index (χ1) is 8.31. The highest BCUT2D eigenvalue weighted by Gasteiger charge is 2.17. The predicted molar refractivity (Wildman–Crippen MR) is 69.0 cm³/mol. The third kappa shape index (κ3) is 4.60. The molecule has 1 aromatic carbocycles. The summed E-state index contributed by atoms with van der Waals surface area (Å²) in [5.74, 6) is 5.18. The lowest BCUT2D eigenvalue weighted by Crippen LogP contribution is -2.27. The predicted octanol–water partition coefficient (Wildman–Crippen LogP) is 1.70. The quantitative estimate of drug-likeness (QED) is 0.373. The number of aromatic hydroxyl groups is 1. The van der Waals surface area contributed by atoms with Gasteiger partial charge in [-0.2, -0.15) is 0 Å². The topological polar surface area (TPSA) is 96.6 Å². The summed E-state index contributed by atoms with van der Waals surface area (Å²) >= 11 is 0. The highest BCUT2D eigenvalue weighted by atomic mass is 16.6. The lowest BCUT2D eigenvalue weighted by Gasteiger charge is -2.20. The average Bonchev–Trinajstić information content (AvgIpc) is 2.20. The van der Waals surface area contributed by atoms with Gasteiger partial charge in [0.15, 0.2) is 0 Å². The van der Waals surface area contributed by atoms with E-state index in [1.807, 2.05) is 0 Å². The first kappa shape index (κ1) is 14.3. The van der Waals surface area contributed by atoms with Gasteiger partial charge in [0.25, 0.3) is 0 Å². The Hall–Kier alpha value is -1.79. The van der Waals surface area contributed by atoms with Gasteiger partial charge < -0.3 is 9.84 Å². The third-order valence-corrected chi connectivity index (χ3v) is 2.00. The molecule has 5 N–H and O–H groups in total. The number of phenols is 1. The summed E-state index contributed by atoms with van der Waals surface area (Å²) < 4.78 is 5.10. The number of carbonyl (C=O) groups is 1. The summed E-state index contributed by atoms with van der Waals surface area (Å²) in [6, 6.07) is 4.81. The van der Waals surface area contributed by atoms with Crippen LogP contribution in [-0.4, -0.2) is 16.8 Å². The van der Waals surface area contributed by atoms with Crippen LogP contribution in [0.3, 0.4) is 0 Å². The second-order valence-corrected chi connectivity index (χ2v) is 4.86. The number of ether oxygens (including phenoxy) is 1. The van der Waals surface area contributed by atoms with Gasteiger partial charge in [-0.1, -0.05) is 6.07 Å². The van der Waals surface area contributed by atoms with E-state index >= 15 is 0 Å². The Morgan fingerprint density at radius 2 is 2.11 bits per heavy atom. The molecule has 0 aliphatic carbocycles. The molecule has 6 nitrogen and oxygen atoms in total. The van der Waals surface area contributed by atoms with E-state index in [1.165, 1.54) is 6.07 Å². The van der Waals surface area contributed by atoms with E-state index in [4.69, 9.17) is 10.6 Å². The van der Waals surface area contributed by atoms with Gasteiger partial charge >= 0.3 is 6.09 Å². The van der Waals surface area contributed by atoms with E-state index in [2.05, 4.69) is 10.7 Å². The van der Waals surface area contributed by atoms with E-state index in [-0.39, 0.29) is 11.4 Å². The molecule has 1 aromatic rings. The van der Waals surface area contributed by atoms with Gasteiger partial charge in [0.2, 0.25) is 0 Å². The molecule has 18 heavy (non-hydrogen) atoms. The zero-order valence-corrected chi connectivity index (χ0v) is 10.8. The molecule has 0 atom stereocenters. The lowest BCUT2D eigenvalue weighted by atomic mass is 10.2. The van der Waals surface area contributed by atoms with Crippen LogP contribution in [0.5, 0.6) is 5.75 Å². The number of nitrogens with one attached hydrogen (secondary N) is 2. The molecule has 0 heterocycles. The Kier molecular flexibility index (Phi) is 4.52. The Balaban J connectivity index is 2.77. The number of phenolic OH excluding ortho intramolecular Hbond substituents is 1. The minimum Gasteiger partial charge on any atom is -0.506 e.